The molecule has 0 radical (unpaired) electrons. The molecule has 90 valence electrons. The van der Waals surface area contributed by atoms with Gasteiger partial charge in [-0.2, -0.15) is 10.2 Å². The highest BCUT2D eigenvalue weighted by molar-refractivity contribution is 9.10. The van der Waals surface area contributed by atoms with Crippen LogP contribution in [0.4, 0.5) is 5.82 Å². The summed E-state index contributed by atoms with van der Waals surface area (Å²) in [6, 6.07) is 5.88. The van der Waals surface area contributed by atoms with Gasteiger partial charge in [0.25, 0.3) is 0 Å². The van der Waals surface area contributed by atoms with Gasteiger partial charge < -0.3 is 5.73 Å². The summed E-state index contributed by atoms with van der Waals surface area (Å²) in [7, 11) is 0. The fraction of sp³-hybridized carbons (Fsp3) is 0. The molecule has 0 atom stereocenters. The Kier molecular flexibility index (Phi) is 2.60. The van der Waals surface area contributed by atoms with Crippen LogP contribution in [0.5, 0.6) is 0 Å². The van der Waals surface area contributed by atoms with Crippen LogP contribution in [0.25, 0.3) is 16.8 Å². The zero-order chi connectivity index (χ0) is 12.5. The molecule has 0 spiro atoms. The van der Waals surface area contributed by atoms with Crippen molar-refractivity contribution < 1.29 is 0 Å². The SMILES string of the molecule is Nc1[nH]ncc1-c1ccc(-n2cncn2)c(Br)c1. The summed E-state index contributed by atoms with van der Waals surface area (Å²) < 4.78 is 2.60. The van der Waals surface area contributed by atoms with E-state index in [1.165, 1.54) is 6.33 Å². The lowest BCUT2D eigenvalue weighted by molar-refractivity contribution is 0.875. The van der Waals surface area contributed by atoms with Gasteiger partial charge in [-0.25, -0.2) is 9.67 Å². The van der Waals surface area contributed by atoms with E-state index in [2.05, 4.69) is 36.2 Å². The van der Waals surface area contributed by atoms with Crippen molar-refractivity contribution in [1.29, 1.82) is 0 Å². The predicted octanol–water partition coefficient (Wildman–Crippen LogP) is 2.00. The molecule has 6 nitrogen and oxygen atoms in total. The largest absolute Gasteiger partial charge is 0.384 e. The Labute approximate surface area is 111 Å². The van der Waals surface area contributed by atoms with Crippen LogP contribution in [0.15, 0.2) is 41.5 Å². The minimum absolute atomic E-state index is 0.551. The van der Waals surface area contributed by atoms with Gasteiger partial charge >= 0.3 is 0 Å². The average molecular weight is 305 g/mol. The van der Waals surface area contributed by atoms with Crippen molar-refractivity contribution in [2.75, 3.05) is 5.73 Å². The Morgan fingerprint density at radius 3 is 2.83 bits per heavy atom. The van der Waals surface area contributed by atoms with Crippen molar-refractivity contribution in [2.24, 2.45) is 0 Å². The highest BCUT2D eigenvalue weighted by atomic mass is 79.9. The van der Waals surface area contributed by atoms with E-state index in [-0.39, 0.29) is 0 Å². The zero-order valence-electron chi connectivity index (χ0n) is 9.21. The number of hydrogen-bond donors (Lipinski definition) is 2. The standard InChI is InChI=1S/C11H9BrN6/c12-9-3-7(8-4-15-17-11(8)13)1-2-10(9)18-6-14-5-16-18/h1-6H,(H3,13,15,17). The Balaban J connectivity index is 2.07. The average Bonchev–Trinajstić information content (AvgIpc) is 2.99. The number of anilines is 1. The van der Waals surface area contributed by atoms with Crippen LogP contribution < -0.4 is 5.73 Å². The molecule has 0 aliphatic heterocycles. The van der Waals surface area contributed by atoms with E-state index in [4.69, 9.17) is 5.73 Å². The van der Waals surface area contributed by atoms with Crippen molar-refractivity contribution in [3.05, 3.63) is 41.5 Å². The van der Waals surface area contributed by atoms with E-state index >= 15 is 0 Å². The quantitative estimate of drug-likeness (QED) is 0.758. The molecule has 3 rings (SSSR count). The molecule has 2 aromatic heterocycles. The number of nitrogens with one attached hydrogen (secondary N) is 1. The smallest absolute Gasteiger partial charge is 0.138 e. The van der Waals surface area contributed by atoms with Crippen LogP contribution in [0.1, 0.15) is 0 Å². The second-order valence-electron chi connectivity index (χ2n) is 3.70. The molecule has 3 N–H and O–H groups in total. The molecule has 18 heavy (non-hydrogen) atoms. The van der Waals surface area contributed by atoms with Crippen LogP contribution in [0.3, 0.4) is 0 Å². The van der Waals surface area contributed by atoms with Gasteiger partial charge in [0.2, 0.25) is 0 Å². The van der Waals surface area contributed by atoms with E-state index in [0.717, 1.165) is 21.3 Å². The fourth-order valence-electron chi connectivity index (χ4n) is 1.72. The number of H-pyrrole nitrogens is 1. The van der Waals surface area contributed by atoms with Crippen molar-refractivity contribution >= 4 is 21.7 Å². The lowest BCUT2D eigenvalue weighted by Crippen LogP contribution is -1.96. The molecule has 7 heteroatoms. The second-order valence-corrected chi connectivity index (χ2v) is 4.56. The van der Waals surface area contributed by atoms with Crippen molar-refractivity contribution in [3.63, 3.8) is 0 Å². The Morgan fingerprint density at radius 2 is 2.22 bits per heavy atom. The minimum atomic E-state index is 0.551. The summed E-state index contributed by atoms with van der Waals surface area (Å²) in [5.41, 5.74) is 8.57. The molecule has 2 heterocycles. The maximum Gasteiger partial charge on any atom is 0.138 e. The van der Waals surface area contributed by atoms with E-state index in [9.17, 15) is 0 Å². The third-order valence-corrected chi connectivity index (χ3v) is 3.23. The maximum absolute atomic E-state index is 5.79. The first-order valence-electron chi connectivity index (χ1n) is 5.19. The van der Waals surface area contributed by atoms with Gasteiger partial charge in [0, 0.05) is 10.0 Å². The third-order valence-electron chi connectivity index (χ3n) is 2.59. The Morgan fingerprint density at radius 1 is 1.33 bits per heavy atom. The number of aromatic amines is 1. The molecule has 3 aromatic rings. The van der Waals surface area contributed by atoms with Crippen LogP contribution in [0.2, 0.25) is 0 Å². The van der Waals surface area contributed by atoms with E-state index in [1.807, 2.05) is 18.2 Å². The molecule has 0 aliphatic rings. The molecule has 0 fully saturated rings. The van der Waals surface area contributed by atoms with Crippen molar-refractivity contribution in [2.45, 2.75) is 0 Å². The van der Waals surface area contributed by atoms with Gasteiger partial charge in [-0.3, -0.25) is 5.10 Å². The molecule has 0 bridgehead atoms. The summed E-state index contributed by atoms with van der Waals surface area (Å²) in [5.74, 6) is 0.551. The normalized spacial score (nSPS) is 10.7. The predicted molar refractivity (Wildman–Crippen MR) is 71.1 cm³/mol. The van der Waals surface area contributed by atoms with Gasteiger partial charge in [-0.05, 0) is 33.6 Å². The summed E-state index contributed by atoms with van der Waals surface area (Å²) >= 11 is 3.52. The number of nitrogens with zero attached hydrogens (tertiary/aromatic N) is 4. The maximum atomic E-state index is 5.79. The summed E-state index contributed by atoms with van der Waals surface area (Å²) in [5, 5.41) is 10.7. The zero-order valence-corrected chi connectivity index (χ0v) is 10.8. The topological polar surface area (TPSA) is 85.4 Å². The van der Waals surface area contributed by atoms with Crippen LogP contribution >= 0.6 is 15.9 Å². The van der Waals surface area contributed by atoms with Crippen molar-refractivity contribution in [1.82, 2.24) is 25.0 Å². The van der Waals surface area contributed by atoms with Gasteiger partial charge in [0.1, 0.15) is 18.5 Å². The first-order chi connectivity index (χ1) is 8.75. The molecule has 0 unspecified atom stereocenters. The van der Waals surface area contributed by atoms with Gasteiger partial charge in [-0.1, -0.05) is 6.07 Å². The molecule has 0 saturated heterocycles. The van der Waals surface area contributed by atoms with Crippen LogP contribution in [-0.4, -0.2) is 25.0 Å². The van der Waals surface area contributed by atoms with Gasteiger partial charge in [0.15, 0.2) is 0 Å². The van der Waals surface area contributed by atoms with E-state index in [1.54, 1.807) is 17.2 Å². The lowest BCUT2D eigenvalue weighted by atomic mass is 10.1. The highest BCUT2D eigenvalue weighted by Crippen LogP contribution is 2.29. The van der Waals surface area contributed by atoms with Gasteiger partial charge in [0.05, 0.1) is 11.9 Å². The number of nitrogens with two attached hydrogens (primary N) is 1. The highest BCUT2D eigenvalue weighted by Gasteiger charge is 2.08. The molecule has 1 aromatic carbocycles. The summed E-state index contributed by atoms with van der Waals surface area (Å²) in [6.07, 6.45) is 4.84. The number of halogens is 1. The number of nitrogen functional groups attached to an aromatic ring is 1. The van der Waals surface area contributed by atoms with E-state index in [0.29, 0.717) is 5.82 Å². The molecular formula is C11H9BrN6. The first-order valence-corrected chi connectivity index (χ1v) is 5.99. The minimum Gasteiger partial charge on any atom is -0.384 e. The molecule has 0 saturated carbocycles. The monoisotopic (exact) mass is 304 g/mol. The Hall–Kier alpha value is -2.15. The fourth-order valence-corrected chi connectivity index (χ4v) is 2.28. The third kappa shape index (κ3) is 1.78. The van der Waals surface area contributed by atoms with Crippen molar-refractivity contribution in [3.8, 4) is 16.8 Å². The number of hydrogen-bond acceptors (Lipinski definition) is 4. The summed E-state index contributed by atoms with van der Waals surface area (Å²) in [6.45, 7) is 0. The number of rotatable bonds is 2. The van der Waals surface area contributed by atoms with Crippen LogP contribution in [-0.2, 0) is 0 Å². The van der Waals surface area contributed by atoms with Gasteiger partial charge in [-0.15, -0.1) is 0 Å². The summed E-state index contributed by atoms with van der Waals surface area (Å²) in [4.78, 5) is 3.92. The van der Waals surface area contributed by atoms with Crippen LogP contribution in [0, 0.1) is 0 Å². The molecule has 0 aliphatic carbocycles. The van der Waals surface area contributed by atoms with E-state index < -0.39 is 0 Å². The number of aromatic nitrogens is 5. The first kappa shape index (κ1) is 11.0. The lowest BCUT2D eigenvalue weighted by Gasteiger charge is -2.06. The second kappa shape index (κ2) is 4.26. The Bertz CT molecular complexity index is 673. The number of benzene rings is 1. The molecular weight excluding hydrogens is 296 g/mol. The molecule has 0 amide bonds.